The standard InChI is InChI=1S/C40H51NO9Si/c1-23(2)51(24(3)4,25(5)6)50-31-16-17-47-36(22-31)48-38-26(7)37-29(21-35(38)46-10)20-33(40(43)49-37)41-39(42)28-14-15-34(45-9)32(19-28)27-12-11-13-30(18-27)44-8/h11-15,18-21,23-25,31,36H,16-17,22H2,1-10H3,(H,41,42)/t31-,36?/m1/s1. The summed E-state index contributed by atoms with van der Waals surface area (Å²) >= 11 is 0. The highest BCUT2D eigenvalue weighted by molar-refractivity contribution is 6.77. The number of carbonyl (C=O) groups is 1. The largest absolute Gasteiger partial charge is 0.497 e. The maximum Gasteiger partial charge on any atom is 0.360 e. The topological polar surface area (TPSA) is 115 Å². The van der Waals surface area contributed by atoms with Gasteiger partial charge < -0.3 is 37.8 Å². The number of aryl methyl sites for hydroxylation is 1. The van der Waals surface area contributed by atoms with Gasteiger partial charge in [0, 0.05) is 28.5 Å². The Morgan fingerprint density at radius 1 is 0.882 bits per heavy atom. The number of nitrogens with one attached hydrogen (secondary N) is 1. The van der Waals surface area contributed by atoms with E-state index in [4.69, 9.17) is 32.5 Å². The zero-order chi connectivity index (χ0) is 37.0. The molecule has 0 spiro atoms. The van der Waals surface area contributed by atoms with Gasteiger partial charge in [0.15, 0.2) is 11.5 Å². The van der Waals surface area contributed by atoms with Gasteiger partial charge in [-0.25, -0.2) is 4.79 Å². The second-order valence-corrected chi connectivity index (χ2v) is 19.4. The molecule has 5 rings (SSSR count). The van der Waals surface area contributed by atoms with E-state index in [9.17, 15) is 9.59 Å². The van der Waals surface area contributed by atoms with Crippen LogP contribution in [0, 0.1) is 6.92 Å². The smallest absolute Gasteiger partial charge is 0.360 e. The molecule has 1 saturated heterocycles. The first-order valence-corrected chi connectivity index (χ1v) is 19.7. The first-order chi connectivity index (χ1) is 24.3. The van der Waals surface area contributed by atoms with E-state index in [0.717, 1.165) is 12.0 Å². The van der Waals surface area contributed by atoms with Crippen molar-refractivity contribution < 1.29 is 37.3 Å². The Bertz CT molecular complexity index is 1900. The lowest BCUT2D eigenvalue weighted by molar-refractivity contribution is -0.135. The molecule has 1 amide bonds. The Kier molecular flexibility index (Phi) is 11.8. The lowest BCUT2D eigenvalue weighted by atomic mass is 10.0. The molecule has 274 valence electrons. The van der Waals surface area contributed by atoms with Crippen molar-refractivity contribution in [3.8, 4) is 34.1 Å². The van der Waals surface area contributed by atoms with Crippen LogP contribution in [0.15, 0.2) is 63.8 Å². The molecule has 2 heterocycles. The van der Waals surface area contributed by atoms with Crippen molar-refractivity contribution in [2.24, 2.45) is 0 Å². The second-order valence-electron chi connectivity index (χ2n) is 14.0. The summed E-state index contributed by atoms with van der Waals surface area (Å²) in [6, 6.07) is 15.8. The molecule has 0 aliphatic carbocycles. The highest BCUT2D eigenvalue weighted by atomic mass is 28.4. The predicted octanol–water partition coefficient (Wildman–Crippen LogP) is 9.12. The zero-order valence-electron chi connectivity index (χ0n) is 31.4. The molecule has 1 aliphatic rings. The number of hydrogen-bond donors (Lipinski definition) is 1. The van der Waals surface area contributed by atoms with Gasteiger partial charge in [-0.3, -0.25) is 4.79 Å². The number of hydrogen-bond acceptors (Lipinski definition) is 9. The maximum atomic E-state index is 13.5. The van der Waals surface area contributed by atoms with E-state index in [-0.39, 0.29) is 11.8 Å². The molecule has 1 unspecified atom stereocenters. The van der Waals surface area contributed by atoms with Crippen molar-refractivity contribution in [2.75, 3.05) is 33.3 Å². The summed E-state index contributed by atoms with van der Waals surface area (Å²) in [5.74, 6) is 1.65. The Hall–Kier alpha value is -4.32. The third-order valence-corrected chi connectivity index (χ3v) is 16.2. The monoisotopic (exact) mass is 717 g/mol. The number of ether oxygens (including phenoxy) is 5. The average Bonchev–Trinajstić information content (AvgIpc) is 3.11. The van der Waals surface area contributed by atoms with E-state index < -0.39 is 26.1 Å². The molecular weight excluding hydrogens is 667 g/mol. The van der Waals surface area contributed by atoms with Crippen molar-refractivity contribution in [3.05, 3.63) is 76.1 Å². The number of fused-ring (bicyclic) bond motifs is 1. The van der Waals surface area contributed by atoms with Gasteiger partial charge in [0.1, 0.15) is 22.8 Å². The highest BCUT2D eigenvalue weighted by Crippen LogP contribution is 2.45. The van der Waals surface area contributed by atoms with Crippen molar-refractivity contribution in [3.63, 3.8) is 0 Å². The van der Waals surface area contributed by atoms with Crippen LogP contribution in [0.3, 0.4) is 0 Å². The van der Waals surface area contributed by atoms with E-state index in [1.165, 1.54) is 0 Å². The maximum absolute atomic E-state index is 13.5. The second kappa shape index (κ2) is 15.9. The minimum absolute atomic E-state index is 0.00918. The Morgan fingerprint density at radius 2 is 1.59 bits per heavy atom. The molecule has 3 aromatic carbocycles. The Balaban J connectivity index is 1.39. The number of rotatable bonds is 13. The van der Waals surface area contributed by atoms with Crippen LogP contribution in [0.25, 0.3) is 22.1 Å². The van der Waals surface area contributed by atoms with Gasteiger partial charge in [0.05, 0.1) is 34.0 Å². The summed E-state index contributed by atoms with van der Waals surface area (Å²) in [5, 5.41) is 3.29. The van der Waals surface area contributed by atoms with Gasteiger partial charge in [-0.05, 0) is 78.0 Å². The molecule has 1 fully saturated rings. The van der Waals surface area contributed by atoms with Crippen molar-refractivity contribution in [2.45, 2.75) is 90.3 Å². The fraction of sp³-hybridized carbons (Fsp3) is 0.450. The van der Waals surface area contributed by atoms with Crippen LogP contribution >= 0.6 is 0 Å². The summed E-state index contributed by atoms with van der Waals surface area (Å²) in [6.45, 7) is 16.0. The zero-order valence-corrected chi connectivity index (χ0v) is 32.4. The average molecular weight is 718 g/mol. The summed E-state index contributed by atoms with van der Waals surface area (Å²) in [4.78, 5) is 26.8. The first-order valence-electron chi connectivity index (χ1n) is 17.6. The van der Waals surface area contributed by atoms with E-state index in [0.29, 0.717) is 80.3 Å². The van der Waals surface area contributed by atoms with Crippen LogP contribution in [-0.4, -0.2) is 54.6 Å². The third kappa shape index (κ3) is 7.80. The lowest BCUT2D eigenvalue weighted by Crippen LogP contribution is -2.52. The normalized spacial score (nSPS) is 16.5. The van der Waals surface area contributed by atoms with Crippen LogP contribution in [0.4, 0.5) is 5.69 Å². The summed E-state index contributed by atoms with van der Waals surface area (Å²) < 4.78 is 42.1. The molecule has 1 N–H and O–H groups in total. The van der Waals surface area contributed by atoms with Gasteiger partial charge in [0.2, 0.25) is 14.6 Å². The van der Waals surface area contributed by atoms with Gasteiger partial charge >= 0.3 is 5.63 Å². The lowest BCUT2D eigenvalue weighted by Gasteiger charge is -2.46. The van der Waals surface area contributed by atoms with E-state index in [2.05, 4.69) is 46.9 Å². The van der Waals surface area contributed by atoms with Crippen molar-refractivity contribution in [1.29, 1.82) is 0 Å². The Morgan fingerprint density at radius 3 is 2.24 bits per heavy atom. The molecule has 4 aromatic rings. The molecule has 11 heteroatoms. The van der Waals surface area contributed by atoms with Crippen LogP contribution in [0.5, 0.6) is 23.0 Å². The van der Waals surface area contributed by atoms with Crippen molar-refractivity contribution in [1.82, 2.24) is 0 Å². The molecule has 1 aromatic heterocycles. The molecule has 0 bridgehead atoms. The molecule has 0 radical (unpaired) electrons. The highest BCUT2D eigenvalue weighted by Gasteiger charge is 2.47. The summed E-state index contributed by atoms with van der Waals surface area (Å²) in [5.41, 5.74) is 3.44. The van der Waals surface area contributed by atoms with Crippen molar-refractivity contribution >= 4 is 30.9 Å². The minimum atomic E-state index is -2.10. The minimum Gasteiger partial charge on any atom is -0.497 e. The molecule has 10 nitrogen and oxygen atoms in total. The quantitative estimate of drug-likeness (QED) is 0.107. The molecule has 1 aliphatic heterocycles. The van der Waals surface area contributed by atoms with Crippen LogP contribution in [0.2, 0.25) is 16.6 Å². The Labute approximate surface area is 301 Å². The van der Waals surface area contributed by atoms with Gasteiger partial charge in [-0.1, -0.05) is 53.7 Å². The van der Waals surface area contributed by atoms with Gasteiger partial charge in [-0.2, -0.15) is 0 Å². The van der Waals surface area contributed by atoms with Crippen LogP contribution in [0.1, 0.15) is 70.3 Å². The molecule has 51 heavy (non-hydrogen) atoms. The summed E-state index contributed by atoms with van der Waals surface area (Å²) in [7, 11) is 2.62. The number of carbonyl (C=O) groups excluding carboxylic acids is 1. The molecule has 2 atom stereocenters. The van der Waals surface area contributed by atoms with E-state index in [1.807, 2.05) is 31.2 Å². The van der Waals surface area contributed by atoms with Crippen LogP contribution < -0.4 is 29.9 Å². The number of anilines is 1. The molecular formula is C40H51NO9Si. The van der Waals surface area contributed by atoms with E-state index >= 15 is 0 Å². The molecule has 0 saturated carbocycles. The number of methoxy groups -OCH3 is 3. The third-order valence-electron chi connectivity index (χ3n) is 10.0. The predicted molar refractivity (Wildman–Crippen MR) is 202 cm³/mol. The fourth-order valence-corrected chi connectivity index (χ4v) is 13.2. The van der Waals surface area contributed by atoms with Gasteiger partial charge in [0.25, 0.3) is 5.91 Å². The number of benzene rings is 3. The summed E-state index contributed by atoms with van der Waals surface area (Å²) in [6.07, 6.45) is 0.817. The SMILES string of the molecule is COc1cccc(-c2cc(C(=O)Nc3cc4cc(OC)c(OC5C[C@H](O[Si](C(C)C)(C(C)C)C(C)C)CCO5)c(C)c4oc3=O)ccc2OC)c1. The fourth-order valence-electron chi connectivity index (χ4n) is 7.58. The van der Waals surface area contributed by atoms with E-state index in [1.54, 1.807) is 51.7 Å². The van der Waals surface area contributed by atoms with Gasteiger partial charge in [-0.15, -0.1) is 0 Å². The first kappa shape index (κ1) is 37.9. The number of amides is 1. The van der Waals surface area contributed by atoms with Crippen LogP contribution in [-0.2, 0) is 9.16 Å².